The van der Waals surface area contributed by atoms with Gasteiger partial charge < -0.3 is 10.2 Å². The van der Waals surface area contributed by atoms with Crippen molar-refractivity contribution in [3.05, 3.63) is 48.6 Å². The van der Waals surface area contributed by atoms with Crippen LogP contribution in [0, 0.1) is 0 Å². The maximum Gasteiger partial charge on any atom is 0 e. The minimum Gasteiger partial charge on any atom is -0.857 e. The summed E-state index contributed by atoms with van der Waals surface area (Å²) in [7, 11) is 1.50. The molecule has 2 aliphatic rings. The molecule has 2 aliphatic carbocycles. The van der Waals surface area contributed by atoms with Crippen LogP contribution in [0.3, 0.4) is 0 Å². The predicted molar refractivity (Wildman–Crippen MR) is 112 cm³/mol. The molecule has 0 saturated heterocycles. The van der Waals surface area contributed by atoms with E-state index in [1.807, 2.05) is 0 Å². The molecule has 0 heterocycles. The van der Waals surface area contributed by atoms with Gasteiger partial charge in [0.2, 0.25) is 0 Å². The van der Waals surface area contributed by atoms with Gasteiger partial charge in [0.05, 0.1) is 0 Å². The fourth-order valence-corrected chi connectivity index (χ4v) is 1.71. The van der Waals surface area contributed by atoms with Crippen molar-refractivity contribution >= 4 is 0 Å². The van der Waals surface area contributed by atoms with Gasteiger partial charge in [-0.15, -0.1) is 0 Å². The molecule has 4 heteroatoms. The zero-order valence-electron chi connectivity index (χ0n) is 13.8. The van der Waals surface area contributed by atoms with Crippen LogP contribution < -0.4 is 10.2 Å². The fraction of sp³-hybridized carbons (Fsp3) is 0.636. The van der Waals surface area contributed by atoms with Crippen LogP contribution in [-0.2, 0) is 40.2 Å². The van der Waals surface area contributed by atoms with Gasteiger partial charge in [0.15, 0.2) is 0 Å². The van der Waals surface area contributed by atoms with E-state index in [1.54, 1.807) is 0 Å². The summed E-state index contributed by atoms with van der Waals surface area (Å²) in [4.78, 5) is 0. The van der Waals surface area contributed by atoms with Crippen LogP contribution in [0.15, 0.2) is 48.6 Å². The maximum absolute atomic E-state index is 8.25. The SMILES string of the molecule is C.C.C.C.C1=C\CC/C=C\CC/1.C1=C\CC/C=C\CC/1.C[O-].C[O-].[Ir].[Ir]. The number of hydrogen-bond donors (Lipinski definition) is 0. The Hall–Kier alpha value is 0.179. The monoisotopic (exact) mass is 728 g/mol. The van der Waals surface area contributed by atoms with Crippen LogP contribution in [0.2, 0.25) is 0 Å². The Morgan fingerprint density at radius 1 is 0.346 bits per heavy atom. The normalized spacial score (nSPS) is 17.7. The smallest absolute Gasteiger partial charge is 0 e. The zero-order valence-corrected chi connectivity index (χ0v) is 18.5. The summed E-state index contributed by atoms with van der Waals surface area (Å²) >= 11 is 0. The van der Waals surface area contributed by atoms with Crippen molar-refractivity contribution in [2.24, 2.45) is 0 Å². The summed E-state index contributed by atoms with van der Waals surface area (Å²) in [5.74, 6) is 0. The summed E-state index contributed by atoms with van der Waals surface area (Å²) in [6.45, 7) is 0. The summed E-state index contributed by atoms with van der Waals surface area (Å²) in [5, 5.41) is 16.5. The van der Waals surface area contributed by atoms with Crippen molar-refractivity contribution in [1.29, 1.82) is 0 Å². The Bertz CT molecular complexity index is 193. The average Bonchev–Trinajstić information content (AvgIpc) is 2.42. The third-order valence-electron chi connectivity index (χ3n) is 2.67. The molecule has 0 fully saturated rings. The molecule has 0 aromatic rings. The second kappa shape index (κ2) is 56.2. The molecule has 0 saturated carbocycles. The van der Waals surface area contributed by atoms with Crippen LogP contribution in [0.1, 0.15) is 81.1 Å². The molecule has 0 unspecified atom stereocenters. The number of hydrogen-bond acceptors (Lipinski definition) is 2. The van der Waals surface area contributed by atoms with Crippen LogP contribution >= 0.6 is 0 Å². The van der Waals surface area contributed by atoms with Crippen molar-refractivity contribution in [2.45, 2.75) is 81.1 Å². The summed E-state index contributed by atoms with van der Waals surface area (Å²) in [6, 6.07) is 0. The van der Waals surface area contributed by atoms with Gasteiger partial charge in [-0.2, -0.15) is 14.2 Å². The van der Waals surface area contributed by atoms with Crippen molar-refractivity contribution in [3.8, 4) is 0 Å². The van der Waals surface area contributed by atoms with E-state index < -0.39 is 0 Å². The molecule has 0 spiro atoms. The summed E-state index contributed by atoms with van der Waals surface area (Å²) in [6.07, 6.45) is 28.0. The first-order chi connectivity index (χ1) is 10.0. The van der Waals surface area contributed by atoms with Crippen molar-refractivity contribution in [2.75, 3.05) is 14.2 Å². The quantitative estimate of drug-likeness (QED) is 0.295. The Balaban J connectivity index is -0.0000000292. The minimum atomic E-state index is 0. The Morgan fingerprint density at radius 3 is 0.500 bits per heavy atom. The van der Waals surface area contributed by atoms with Crippen LogP contribution in [-0.4, -0.2) is 14.2 Å². The van der Waals surface area contributed by atoms with Crippen molar-refractivity contribution < 1.29 is 50.4 Å². The largest absolute Gasteiger partial charge is 0.857 e. The molecular weight excluding hydrogens is 681 g/mol. The Labute approximate surface area is 193 Å². The Morgan fingerprint density at radius 2 is 0.423 bits per heavy atom. The fourth-order valence-electron chi connectivity index (χ4n) is 1.71. The van der Waals surface area contributed by atoms with E-state index in [0.717, 1.165) is 14.2 Å². The van der Waals surface area contributed by atoms with Crippen LogP contribution in [0.4, 0.5) is 0 Å². The molecule has 0 bridgehead atoms. The molecule has 2 radical (unpaired) electrons. The molecule has 0 aromatic heterocycles. The first-order valence-corrected chi connectivity index (χ1v) is 7.42. The van der Waals surface area contributed by atoms with Gasteiger partial charge >= 0.3 is 0 Å². The van der Waals surface area contributed by atoms with Gasteiger partial charge in [-0.1, -0.05) is 78.3 Å². The van der Waals surface area contributed by atoms with E-state index in [1.165, 1.54) is 51.4 Å². The van der Waals surface area contributed by atoms with Gasteiger partial charge in [0, 0.05) is 40.2 Å². The number of allylic oxidation sites excluding steroid dienone is 8. The van der Waals surface area contributed by atoms with E-state index in [-0.39, 0.29) is 69.9 Å². The van der Waals surface area contributed by atoms with Crippen molar-refractivity contribution in [3.63, 3.8) is 0 Å². The molecule has 2 nitrogen and oxygen atoms in total. The van der Waals surface area contributed by atoms with Crippen LogP contribution in [0.25, 0.3) is 0 Å². The van der Waals surface area contributed by atoms with Gasteiger partial charge in [0.25, 0.3) is 0 Å². The van der Waals surface area contributed by atoms with E-state index >= 15 is 0 Å². The predicted octanol–water partition coefficient (Wildman–Crippen LogP) is 5.84. The summed E-state index contributed by atoms with van der Waals surface area (Å²) in [5.41, 5.74) is 0. The topological polar surface area (TPSA) is 46.1 Å². The molecule has 0 atom stereocenters. The molecule has 26 heavy (non-hydrogen) atoms. The molecule has 0 aliphatic heterocycles. The molecule has 166 valence electrons. The van der Waals surface area contributed by atoms with E-state index in [4.69, 9.17) is 10.2 Å². The van der Waals surface area contributed by atoms with Gasteiger partial charge in [-0.25, -0.2) is 0 Å². The van der Waals surface area contributed by atoms with Crippen molar-refractivity contribution in [1.82, 2.24) is 0 Å². The third-order valence-corrected chi connectivity index (χ3v) is 2.67. The van der Waals surface area contributed by atoms with Gasteiger partial charge in [0.1, 0.15) is 0 Å². The van der Waals surface area contributed by atoms with Crippen LogP contribution in [0.5, 0.6) is 0 Å². The zero-order chi connectivity index (χ0) is 15.3. The second-order valence-electron chi connectivity index (χ2n) is 4.20. The van der Waals surface area contributed by atoms with Gasteiger partial charge in [-0.05, 0) is 51.4 Å². The first kappa shape index (κ1) is 50.2. The molecule has 0 N–H and O–H groups in total. The Kier molecular flexibility index (Phi) is 109. The average molecular weight is 727 g/mol. The van der Waals surface area contributed by atoms with Gasteiger partial charge in [-0.3, -0.25) is 0 Å². The van der Waals surface area contributed by atoms with E-state index in [0.29, 0.717) is 0 Å². The van der Waals surface area contributed by atoms with E-state index in [9.17, 15) is 0 Å². The molecule has 0 aromatic carbocycles. The molecular formula is C22H46Ir2O2-2. The van der Waals surface area contributed by atoms with E-state index in [2.05, 4.69) is 48.6 Å². The number of rotatable bonds is 0. The second-order valence-corrected chi connectivity index (χ2v) is 4.20. The maximum atomic E-state index is 8.25. The first-order valence-electron chi connectivity index (χ1n) is 7.42. The minimum absolute atomic E-state index is 0. The molecule has 0 amide bonds. The third kappa shape index (κ3) is 49.6. The summed E-state index contributed by atoms with van der Waals surface area (Å²) < 4.78 is 0. The standard InChI is InChI=1S/2C8H12.2CH3O.4CH4.2Ir/c2*1-2-4-6-8-7-5-3-1;2*1-2;;;;;;/h2*1-2,7-8H,3-6H2;2*1H3;4*1H4;;/q;;2*-1;;;;;;/b2*2-1-,8-7-;;;;;;;;. The molecule has 2 rings (SSSR count).